The Bertz CT molecular complexity index is 2750. The van der Waals surface area contributed by atoms with Crippen LogP contribution in [0.5, 0.6) is 0 Å². The number of rotatable bonds is 43. The third kappa shape index (κ3) is 30.7. The summed E-state index contributed by atoms with van der Waals surface area (Å²) in [6, 6.07) is -9.39. The van der Waals surface area contributed by atoms with E-state index < -0.39 is 211 Å². The number of hydrogen-bond acceptors (Lipinski definition) is 18. The zero-order valence-electron chi connectivity index (χ0n) is 54.7. The molecular formula is C60H97N13O19S. The molecule has 0 saturated carbocycles. The van der Waals surface area contributed by atoms with Crippen molar-refractivity contribution < 1.29 is 92.3 Å². The van der Waals surface area contributed by atoms with Crippen molar-refractivity contribution in [3.05, 3.63) is 35.9 Å². The van der Waals surface area contributed by atoms with Crippen LogP contribution in [-0.2, 0) is 78.3 Å². The SMILES string of the molecule is CSCC[C@H](NC(=O)[C@H](CO)NC(=O)[C@@H](N)CC(N)=O)C(=O)N[C@H](C(=O)N[C@@H](CC(C)C)C(=O)N[C@@H](CC(=O)O)C(=O)N[C@H](C(=O)N[C@@H](C)C(=O)N[C@@H](Cc1ccccc1)C(=O)N[C@H](C(=O)N[C@@H](CC(C)C)C(=O)N[C@@H](CCC(=O)O)C(=O)O)C(C)C)C(C)C)C(C)C. The van der Waals surface area contributed by atoms with Gasteiger partial charge in [-0.2, -0.15) is 11.8 Å². The quantitative estimate of drug-likeness (QED) is 0.0310. The summed E-state index contributed by atoms with van der Waals surface area (Å²) in [6.45, 7) is 16.6. The fraction of sp³-hybridized carbons (Fsp3) is 0.650. The molecule has 0 unspecified atom stereocenters. The number of aliphatic carboxylic acids is 3. The molecule has 0 heterocycles. The number of carbonyl (C=O) groups excluding carboxylic acids is 12. The zero-order valence-corrected chi connectivity index (χ0v) is 55.6. The van der Waals surface area contributed by atoms with Crippen molar-refractivity contribution in [2.24, 2.45) is 41.1 Å². The number of carboxylic acid groups (broad SMARTS) is 3. The minimum absolute atomic E-state index is 0.00571. The normalized spacial score (nSPS) is 15.2. The van der Waals surface area contributed by atoms with Crippen LogP contribution in [0.25, 0.3) is 0 Å². The second-order valence-corrected chi connectivity index (χ2v) is 25.4. The van der Waals surface area contributed by atoms with Crippen LogP contribution in [0, 0.1) is 29.6 Å². The Morgan fingerprint density at radius 2 is 0.817 bits per heavy atom. The van der Waals surface area contributed by atoms with E-state index in [1.807, 2.05) is 0 Å². The lowest BCUT2D eigenvalue weighted by molar-refractivity contribution is -0.144. The summed E-state index contributed by atoms with van der Waals surface area (Å²) in [4.78, 5) is 198. The van der Waals surface area contributed by atoms with E-state index in [-0.39, 0.29) is 37.5 Å². The maximum absolute atomic E-state index is 14.3. The van der Waals surface area contributed by atoms with Gasteiger partial charge in [0.25, 0.3) is 0 Å². The second kappa shape index (κ2) is 41.2. The number of primary amides is 1. The lowest BCUT2D eigenvalue weighted by atomic mass is 9.98. The topological polar surface area (TPSA) is 521 Å². The summed E-state index contributed by atoms with van der Waals surface area (Å²) in [7, 11) is 0. The van der Waals surface area contributed by atoms with Gasteiger partial charge in [-0.15, -0.1) is 0 Å². The van der Waals surface area contributed by atoms with Crippen LogP contribution in [0.15, 0.2) is 30.3 Å². The smallest absolute Gasteiger partial charge is 0.326 e. The Kier molecular flexibility index (Phi) is 36.6. The predicted molar refractivity (Wildman–Crippen MR) is 339 cm³/mol. The Morgan fingerprint density at radius 3 is 1.23 bits per heavy atom. The van der Waals surface area contributed by atoms with E-state index in [1.54, 1.807) is 92.0 Å². The number of carboxylic acids is 3. The number of thioether (sulfide) groups is 1. The molecule has 0 saturated heterocycles. The number of carbonyl (C=O) groups is 15. The molecule has 12 atom stereocenters. The Hall–Kier alpha value is -8.46. The summed E-state index contributed by atoms with van der Waals surface area (Å²) >= 11 is 1.31. The van der Waals surface area contributed by atoms with Crippen LogP contribution in [0.2, 0.25) is 0 Å². The molecule has 0 aliphatic heterocycles. The van der Waals surface area contributed by atoms with Crippen LogP contribution >= 0.6 is 11.8 Å². The highest BCUT2D eigenvalue weighted by molar-refractivity contribution is 7.98. The van der Waals surface area contributed by atoms with Gasteiger partial charge < -0.3 is 90.4 Å². The van der Waals surface area contributed by atoms with Gasteiger partial charge in [-0.1, -0.05) is 99.6 Å². The average Bonchev–Trinajstić information content (AvgIpc) is 1.04. The van der Waals surface area contributed by atoms with Gasteiger partial charge in [-0.3, -0.25) is 67.1 Å². The molecule has 0 radical (unpaired) electrons. The van der Waals surface area contributed by atoms with Crippen molar-refractivity contribution in [2.45, 2.75) is 200 Å². The van der Waals surface area contributed by atoms with Crippen LogP contribution in [0.1, 0.15) is 127 Å². The monoisotopic (exact) mass is 1340 g/mol. The number of nitrogens with two attached hydrogens (primary N) is 2. The molecule has 32 nitrogen and oxygen atoms in total. The maximum Gasteiger partial charge on any atom is 0.326 e. The Balaban J connectivity index is 3.44. The lowest BCUT2D eigenvalue weighted by Crippen LogP contribution is -2.62. The first kappa shape index (κ1) is 82.6. The van der Waals surface area contributed by atoms with E-state index in [1.165, 1.54) is 32.5 Å². The highest BCUT2D eigenvalue weighted by Gasteiger charge is 2.38. The molecule has 0 aromatic heterocycles. The van der Waals surface area contributed by atoms with Crippen LogP contribution in [0.3, 0.4) is 0 Å². The van der Waals surface area contributed by atoms with Crippen LogP contribution in [0.4, 0.5) is 0 Å². The van der Waals surface area contributed by atoms with Crippen molar-refractivity contribution in [1.82, 2.24) is 58.5 Å². The largest absolute Gasteiger partial charge is 0.481 e. The molecule has 19 N–H and O–H groups in total. The standard InChI is InChI=1S/C60H97N13O19S/c1-28(2)22-38(52(83)65-37(60(91)92)18-19-44(76)77)68-59(90)48(32(9)10)73-54(85)40(24-34-16-14-13-15-17-34)66-49(80)33(11)63-57(88)46(30(5)6)72-55(86)41(26-45(78)79)67-53(84)39(23-29(3)4)69-58(89)47(31(7)8)71-51(82)36(20-21-93-12)64-56(87)42(27-74)70-50(81)35(61)25-43(62)75/h13-17,28-33,35-42,46-48,74H,18-27,61H2,1-12H3,(H2,62,75)(H,63,88)(H,64,87)(H,65,83)(H,66,80)(H,67,84)(H,68,90)(H,69,89)(H,70,81)(H,71,82)(H,72,86)(H,73,85)(H,76,77)(H,78,79)(H,91,92)/t33-,35-,36-,37-,38-,39-,40-,41-,42-,46-,47-,48-/m0/s1. The Labute approximate surface area is 545 Å². The minimum atomic E-state index is -1.88. The number of hydrogen-bond donors (Lipinski definition) is 17. The van der Waals surface area contributed by atoms with Crippen molar-refractivity contribution in [3.63, 3.8) is 0 Å². The average molecular weight is 1340 g/mol. The van der Waals surface area contributed by atoms with Gasteiger partial charge in [0.15, 0.2) is 0 Å². The van der Waals surface area contributed by atoms with Gasteiger partial charge in [-0.25, -0.2) is 4.79 Å². The number of aliphatic hydroxyl groups is 1. The third-order valence-electron chi connectivity index (χ3n) is 14.2. The van der Waals surface area contributed by atoms with Gasteiger partial charge >= 0.3 is 17.9 Å². The fourth-order valence-electron chi connectivity index (χ4n) is 9.03. The summed E-state index contributed by atoms with van der Waals surface area (Å²) in [5.74, 6) is -18.0. The highest BCUT2D eigenvalue weighted by atomic mass is 32.2. The highest BCUT2D eigenvalue weighted by Crippen LogP contribution is 2.15. The van der Waals surface area contributed by atoms with E-state index in [0.29, 0.717) is 11.3 Å². The molecule has 1 aromatic rings. The first-order valence-electron chi connectivity index (χ1n) is 30.5. The minimum Gasteiger partial charge on any atom is -0.481 e. The van der Waals surface area contributed by atoms with Gasteiger partial charge in [0.05, 0.1) is 25.5 Å². The zero-order chi connectivity index (χ0) is 71.1. The number of amides is 12. The second-order valence-electron chi connectivity index (χ2n) is 24.4. The van der Waals surface area contributed by atoms with Crippen molar-refractivity contribution in [3.8, 4) is 0 Å². The van der Waals surface area contributed by atoms with Gasteiger partial charge in [-0.05, 0) is 79.8 Å². The van der Waals surface area contributed by atoms with Crippen molar-refractivity contribution in [1.29, 1.82) is 0 Å². The number of aliphatic hydroxyl groups excluding tert-OH is 1. The third-order valence-corrected chi connectivity index (χ3v) is 14.8. The summed E-state index contributed by atoms with van der Waals surface area (Å²) in [5, 5.41) is 65.8. The van der Waals surface area contributed by atoms with Gasteiger partial charge in [0.2, 0.25) is 70.9 Å². The molecule has 1 rings (SSSR count). The number of nitrogens with one attached hydrogen (secondary N) is 11. The van der Waals surface area contributed by atoms with E-state index >= 15 is 0 Å². The summed E-state index contributed by atoms with van der Waals surface area (Å²) < 4.78 is 0. The van der Waals surface area contributed by atoms with Crippen LogP contribution in [-0.4, -0.2) is 200 Å². The van der Waals surface area contributed by atoms with Gasteiger partial charge in [0.1, 0.15) is 66.5 Å². The summed E-state index contributed by atoms with van der Waals surface area (Å²) in [5.41, 5.74) is 11.3. The first-order valence-corrected chi connectivity index (χ1v) is 31.9. The van der Waals surface area contributed by atoms with E-state index in [2.05, 4.69) is 58.5 Å². The predicted octanol–water partition coefficient (Wildman–Crippen LogP) is -2.99. The molecular weight excluding hydrogens is 1240 g/mol. The molecule has 12 amide bonds. The lowest BCUT2D eigenvalue weighted by Gasteiger charge is -2.30. The fourth-order valence-corrected chi connectivity index (χ4v) is 9.50. The van der Waals surface area contributed by atoms with E-state index in [9.17, 15) is 87.2 Å². The molecule has 0 aliphatic carbocycles. The molecule has 0 spiro atoms. The van der Waals surface area contributed by atoms with Gasteiger partial charge in [0, 0.05) is 12.8 Å². The molecule has 93 heavy (non-hydrogen) atoms. The van der Waals surface area contributed by atoms with Crippen molar-refractivity contribution in [2.75, 3.05) is 18.6 Å². The first-order chi connectivity index (χ1) is 43.3. The van der Waals surface area contributed by atoms with Crippen LogP contribution < -0.4 is 70.0 Å². The maximum atomic E-state index is 14.3. The van der Waals surface area contributed by atoms with E-state index in [0.717, 1.165) is 0 Å². The van der Waals surface area contributed by atoms with E-state index in [4.69, 9.17) is 16.6 Å². The molecule has 0 aliphatic rings. The molecule has 0 bridgehead atoms. The summed E-state index contributed by atoms with van der Waals surface area (Å²) in [6.07, 6.45) is -1.10. The molecule has 1 aromatic carbocycles. The molecule has 33 heteroatoms. The Morgan fingerprint density at radius 1 is 0.430 bits per heavy atom. The molecule has 522 valence electrons. The number of benzene rings is 1. The molecule has 0 fully saturated rings. The van der Waals surface area contributed by atoms with Crippen molar-refractivity contribution >= 4 is 101 Å².